The lowest BCUT2D eigenvalue weighted by Crippen LogP contribution is -2.35. The van der Waals surface area contributed by atoms with Crippen molar-refractivity contribution in [2.24, 2.45) is 5.92 Å². The Hall–Kier alpha value is -1.80. The molecule has 22 heavy (non-hydrogen) atoms. The molecule has 1 aliphatic rings. The van der Waals surface area contributed by atoms with Crippen molar-refractivity contribution in [3.8, 4) is 0 Å². The number of hydrogen-bond acceptors (Lipinski definition) is 7. The molecule has 0 bridgehead atoms. The minimum absolute atomic E-state index is 0.126. The van der Waals surface area contributed by atoms with Crippen LogP contribution in [0, 0.1) is 16.0 Å². The van der Waals surface area contributed by atoms with Gasteiger partial charge in [0.15, 0.2) is 0 Å². The predicted molar refractivity (Wildman–Crippen MR) is 87.6 cm³/mol. The van der Waals surface area contributed by atoms with Crippen LogP contribution in [0.15, 0.2) is 12.4 Å². The minimum Gasteiger partial charge on any atom is -0.356 e. The van der Waals surface area contributed by atoms with E-state index >= 15 is 0 Å². The van der Waals surface area contributed by atoms with Crippen molar-refractivity contribution >= 4 is 32.4 Å². The van der Waals surface area contributed by atoms with Crippen molar-refractivity contribution in [2.75, 3.05) is 31.6 Å². The van der Waals surface area contributed by atoms with Gasteiger partial charge in [-0.3, -0.25) is 10.1 Å². The maximum Gasteiger partial charge on any atom is 0.326 e. The molecule has 7 nitrogen and oxygen atoms in total. The van der Waals surface area contributed by atoms with Crippen LogP contribution in [0.4, 0.5) is 10.8 Å². The highest BCUT2D eigenvalue weighted by Crippen LogP contribution is 2.35. The quantitative estimate of drug-likeness (QED) is 0.672. The lowest BCUT2D eigenvalue weighted by Gasteiger charge is -2.33. The summed E-state index contributed by atoms with van der Waals surface area (Å²) in [4.78, 5) is 22.1. The number of nitro groups is 1. The Morgan fingerprint density at radius 1 is 1.45 bits per heavy atom. The van der Waals surface area contributed by atoms with Gasteiger partial charge in [-0.2, -0.15) is 0 Å². The fraction of sp³-hybridized carbons (Fsp3) is 0.571. The summed E-state index contributed by atoms with van der Waals surface area (Å²) in [6.07, 6.45) is 4.98. The molecule has 1 saturated heterocycles. The van der Waals surface area contributed by atoms with Crippen LogP contribution in [-0.4, -0.2) is 41.6 Å². The van der Waals surface area contributed by atoms with Gasteiger partial charge in [0.1, 0.15) is 17.0 Å². The molecular weight excluding hydrogens is 302 g/mol. The number of nitrogens with one attached hydrogen (secondary N) is 1. The highest BCUT2D eigenvalue weighted by atomic mass is 32.1. The monoisotopic (exact) mass is 321 g/mol. The van der Waals surface area contributed by atoms with Gasteiger partial charge in [-0.15, -0.1) is 0 Å². The molecule has 0 saturated carbocycles. The third kappa shape index (κ3) is 3.02. The standard InChI is InChI=1S/C14H19N5O2S/c1-15-5-2-10-3-6-18(7-4-10)13-11-8-12(19(20)21)22-14(11)17-9-16-13/h8-10,15H,2-7H2,1H3. The molecule has 3 heterocycles. The first-order valence-corrected chi connectivity index (χ1v) is 8.29. The largest absolute Gasteiger partial charge is 0.356 e. The Labute approximate surface area is 132 Å². The van der Waals surface area contributed by atoms with Crippen molar-refractivity contribution in [1.82, 2.24) is 15.3 Å². The Morgan fingerprint density at radius 2 is 2.23 bits per heavy atom. The van der Waals surface area contributed by atoms with Gasteiger partial charge in [0, 0.05) is 19.2 Å². The highest BCUT2D eigenvalue weighted by Gasteiger charge is 2.23. The summed E-state index contributed by atoms with van der Waals surface area (Å²) in [6.45, 7) is 2.95. The molecule has 0 radical (unpaired) electrons. The van der Waals surface area contributed by atoms with E-state index < -0.39 is 0 Å². The van der Waals surface area contributed by atoms with E-state index in [2.05, 4.69) is 20.2 Å². The minimum atomic E-state index is -0.361. The maximum atomic E-state index is 10.9. The molecule has 8 heteroatoms. The Bertz CT molecular complexity index is 666. The molecule has 0 unspecified atom stereocenters. The van der Waals surface area contributed by atoms with E-state index in [1.54, 1.807) is 6.07 Å². The number of piperidine rings is 1. The van der Waals surface area contributed by atoms with E-state index in [-0.39, 0.29) is 9.92 Å². The molecule has 0 amide bonds. The molecule has 0 aromatic carbocycles. The zero-order valence-electron chi connectivity index (χ0n) is 12.5. The number of hydrogen-bond donors (Lipinski definition) is 1. The van der Waals surface area contributed by atoms with Crippen LogP contribution in [0.2, 0.25) is 0 Å². The molecule has 0 spiro atoms. The van der Waals surface area contributed by atoms with Gasteiger partial charge < -0.3 is 10.2 Å². The number of anilines is 1. The molecule has 0 aliphatic carbocycles. The van der Waals surface area contributed by atoms with Gasteiger partial charge in [-0.1, -0.05) is 0 Å². The summed E-state index contributed by atoms with van der Waals surface area (Å²) in [7, 11) is 1.98. The molecule has 0 atom stereocenters. The lowest BCUT2D eigenvalue weighted by atomic mass is 9.93. The molecule has 2 aromatic rings. The third-order valence-corrected chi connectivity index (χ3v) is 5.19. The lowest BCUT2D eigenvalue weighted by molar-refractivity contribution is -0.380. The number of fused-ring (bicyclic) bond motifs is 1. The van der Waals surface area contributed by atoms with Crippen molar-refractivity contribution in [1.29, 1.82) is 0 Å². The first kappa shape index (κ1) is 15.1. The topological polar surface area (TPSA) is 84.2 Å². The molecule has 118 valence electrons. The van der Waals surface area contributed by atoms with Crippen molar-refractivity contribution < 1.29 is 4.92 Å². The van der Waals surface area contributed by atoms with Gasteiger partial charge in [-0.25, -0.2) is 9.97 Å². The molecular formula is C14H19N5O2S. The SMILES string of the molecule is CNCCC1CCN(c2ncnc3sc([N+](=O)[O-])cc23)CC1. The van der Waals surface area contributed by atoms with E-state index in [1.807, 2.05) is 7.05 Å². The van der Waals surface area contributed by atoms with Crippen LogP contribution >= 0.6 is 11.3 Å². The Kier molecular flexibility index (Phi) is 4.49. The smallest absolute Gasteiger partial charge is 0.326 e. The van der Waals surface area contributed by atoms with E-state index in [0.717, 1.165) is 60.9 Å². The Balaban J connectivity index is 1.78. The first-order chi connectivity index (χ1) is 10.7. The van der Waals surface area contributed by atoms with Gasteiger partial charge in [0.25, 0.3) is 0 Å². The first-order valence-electron chi connectivity index (χ1n) is 7.47. The van der Waals surface area contributed by atoms with Gasteiger partial charge in [0.05, 0.1) is 10.3 Å². The van der Waals surface area contributed by atoms with Crippen LogP contribution in [0.3, 0.4) is 0 Å². The van der Waals surface area contributed by atoms with E-state index in [0.29, 0.717) is 4.83 Å². The predicted octanol–water partition coefficient (Wildman–Crippen LogP) is 2.43. The molecule has 2 aromatic heterocycles. The van der Waals surface area contributed by atoms with Crippen LogP contribution in [0.5, 0.6) is 0 Å². The number of nitrogens with zero attached hydrogens (tertiary/aromatic N) is 4. The molecule has 1 N–H and O–H groups in total. The van der Waals surface area contributed by atoms with Crippen LogP contribution in [-0.2, 0) is 0 Å². The third-order valence-electron chi connectivity index (χ3n) is 4.19. The van der Waals surface area contributed by atoms with Crippen molar-refractivity contribution in [2.45, 2.75) is 19.3 Å². The Morgan fingerprint density at radius 3 is 2.91 bits per heavy atom. The zero-order chi connectivity index (χ0) is 15.5. The number of rotatable bonds is 5. The average molecular weight is 321 g/mol. The molecule has 1 aliphatic heterocycles. The van der Waals surface area contributed by atoms with Crippen LogP contribution < -0.4 is 10.2 Å². The zero-order valence-corrected chi connectivity index (χ0v) is 13.3. The summed E-state index contributed by atoms with van der Waals surface area (Å²) in [6, 6.07) is 1.60. The van der Waals surface area contributed by atoms with Gasteiger partial charge >= 0.3 is 5.00 Å². The second-order valence-corrected chi connectivity index (χ2v) is 6.59. The van der Waals surface area contributed by atoms with E-state index in [9.17, 15) is 10.1 Å². The fourth-order valence-corrected chi connectivity index (χ4v) is 3.76. The second-order valence-electron chi connectivity index (χ2n) is 5.58. The van der Waals surface area contributed by atoms with Gasteiger partial charge in [-0.05, 0) is 50.1 Å². The molecule has 3 rings (SSSR count). The number of thiophene rings is 1. The normalized spacial score (nSPS) is 16.3. The summed E-state index contributed by atoms with van der Waals surface area (Å²) >= 11 is 1.11. The highest BCUT2D eigenvalue weighted by molar-refractivity contribution is 7.21. The summed E-state index contributed by atoms with van der Waals surface area (Å²) in [5.41, 5.74) is 0. The summed E-state index contributed by atoms with van der Waals surface area (Å²) in [5, 5.41) is 15.1. The van der Waals surface area contributed by atoms with Gasteiger partial charge in [0.2, 0.25) is 0 Å². The average Bonchev–Trinajstić information content (AvgIpc) is 2.98. The van der Waals surface area contributed by atoms with Crippen molar-refractivity contribution in [3.05, 3.63) is 22.5 Å². The maximum absolute atomic E-state index is 10.9. The second kappa shape index (κ2) is 6.53. The number of aromatic nitrogens is 2. The van der Waals surface area contributed by atoms with Crippen molar-refractivity contribution in [3.63, 3.8) is 0 Å². The molecule has 1 fully saturated rings. The van der Waals surface area contributed by atoms with Crippen LogP contribution in [0.25, 0.3) is 10.2 Å². The van der Waals surface area contributed by atoms with E-state index in [4.69, 9.17) is 0 Å². The summed E-state index contributed by atoms with van der Waals surface area (Å²) in [5.74, 6) is 1.58. The fourth-order valence-electron chi connectivity index (χ4n) is 2.95. The summed E-state index contributed by atoms with van der Waals surface area (Å²) < 4.78 is 0. The van der Waals surface area contributed by atoms with E-state index in [1.165, 1.54) is 12.7 Å². The van der Waals surface area contributed by atoms with Crippen LogP contribution in [0.1, 0.15) is 19.3 Å².